The highest BCUT2D eigenvalue weighted by Crippen LogP contribution is 2.31. The molecule has 0 aromatic heterocycles. The first kappa shape index (κ1) is 16.4. The van der Waals surface area contributed by atoms with Crippen LogP contribution in [0.1, 0.15) is 18.6 Å². The van der Waals surface area contributed by atoms with E-state index in [0.717, 1.165) is 0 Å². The zero-order valence-corrected chi connectivity index (χ0v) is 11.7. The summed E-state index contributed by atoms with van der Waals surface area (Å²) in [6, 6.07) is 6.13. The predicted molar refractivity (Wildman–Crippen MR) is 67.4 cm³/mol. The van der Waals surface area contributed by atoms with Gasteiger partial charge in [-0.1, -0.05) is 34.1 Å². The Morgan fingerprint density at radius 2 is 1.89 bits per heavy atom. The molecule has 2 nitrogen and oxygen atoms in total. The molecule has 0 amide bonds. The van der Waals surface area contributed by atoms with Gasteiger partial charge in [-0.3, -0.25) is 0 Å². The fraction of sp³-hybridized carbons (Fsp3) is 0.500. The standard InChI is InChI=1S/C12H14BrF4NO/c1-7(18)10(8-4-2-3-5-9(8)13)19-6-12(16,17)11(14)15/h2-5,7,10-11H,6,18H2,1H3. The molecule has 2 N–H and O–H groups in total. The molecule has 2 atom stereocenters. The van der Waals surface area contributed by atoms with Gasteiger partial charge in [-0.2, -0.15) is 8.78 Å². The maximum Gasteiger partial charge on any atom is 0.330 e. The van der Waals surface area contributed by atoms with E-state index in [0.29, 0.717) is 10.0 Å². The molecule has 7 heteroatoms. The molecule has 0 spiro atoms. The average Bonchev–Trinajstić information content (AvgIpc) is 2.30. The van der Waals surface area contributed by atoms with Crippen molar-refractivity contribution in [1.29, 1.82) is 0 Å². The highest BCUT2D eigenvalue weighted by atomic mass is 79.9. The molecule has 1 rings (SSSR count). The van der Waals surface area contributed by atoms with Gasteiger partial charge in [0.15, 0.2) is 0 Å². The summed E-state index contributed by atoms with van der Waals surface area (Å²) in [5, 5.41) is 0. The molecular weight excluding hydrogens is 330 g/mol. The molecule has 0 bridgehead atoms. The van der Waals surface area contributed by atoms with Crippen LogP contribution < -0.4 is 5.73 Å². The number of halogens is 5. The minimum Gasteiger partial charge on any atom is -0.365 e. The van der Waals surface area contributed by atoms with Crippen LogP contribution in [0.3, 0.4) is 0 Å². The first-order chi connectivity index (χ1) is 8.75. The highest BCUT2D eigenvalue weighted by molar-refractivity contribution is 9.10. The van der Waals surface area contributed by atoms with E-state index in [4.69, 9.17) is 10.5 Å². The van der Waals surface area contributed by atoms with Crippen LogP contribution in [0.2, 0.25) is 0 Å². The number of hydrogen-bond donors (Lipinski definition) is 1. The van der Waals surface area contributed by atoms with Crippen molar-refractivity contribution >= 4 is 15.9 Å². The van der Waals surface area contributed by atoms with Crippen molar-refractivity contribution < 1.29 is 22.3 Å². The largest absolute Gasteiger partial charge is 0.365 e. The molecule has 0 fully saturated rings. The van der Waals surface area contributed by atoms with E-state index in [1.54, 1.807) is 31.2 Å². The van der Waals surface area contributed by atoms with Crippen molar-refractivity contribution in [2.24, 2.45) is 5.73 Å². The quantitative estimate of drug-likeness (QED) is 0.798. The molecule has 0 heterocycles. The van der Waals surface area contributed by atoms with Crippen LogP contribution in [0.25, 0.3) is 0 Å². The number of hydrogen-bond acceptors (Lipinski definition) is 2. The minimum absolute atomic E-state index is 0.544. The summed E-state index contributed by atoms with van der Waals surface area (Å²) in [7, 11) is 0. The molecule has 0 aliphatic carbocycles. The van der Waals surface area contributed by atoms with Crippen LogP contribution in [-0.2, 0) is 4.74 Å². The SMILES string of the molecule is CC(N)C(OCC(F)(F)C(F)F)c1ccccc1Br. The lowest BCUT2D eigenvalue weighted by Crippen LogP contribution is -2.36. The van der Waals surface area contributed by atoms with Gasteiger partial charge in [-0.05, 0) is 18.6 Å². The lowest BCUT2D eigenvalue weighted by Gasteiger charge is -2.25. The third-order valence-corrected chi connectivity index (χ3v) is 3.19. The summed E-state index contributed by atoms with van der Waals surface area (Å²) < 4.78 is 55.4. The maximum atomic E-state index is 12.9. The van der Waals surface area contributed by atoms with E-state index in [9.17, 15) is 17.6 Å². The van der Waals surface area contributed by atoms with Gasteiger partial charge in [-0.25, -0.2) is 8.78 Å². The van der Waals surface area contributed by atoms with Crippen LogP contribution in [0, 0.1) is 0 Å². The topological polar surface area (TPSA) is 35.2 Å². The molecule has 0 aliphatic rings. The second-order valence-electron chi connectivity index (χ2n) is 4.17. The Labute approximate surface area is 117 Å². The Kier molecular flexibility index (Phi) is 5.76. The molecule has 1 aromatic carbocycles. The molecule has 0 radical (unpaired) electrons. The van der Waals surface area contributed by atoms with Crippen LogP contribution in [0.15, 0.2) is 28.7 Å². The van der Waals surface area contributed by atoms with Crippen molar-refractivity contribution in [3.8, 4) is 0 Å². The Morgan fingerprint density at radius 1 is 1.32 bits per heavy atom. The second kappa shape index (κ2) is 6.67. The Balaban J connectivity index is 2.84. The molecular formula is C12H14BrF4NO. The third-order valence-electron chi connectivity index (χ3n) is 2.46. The fourth-order valence-electron chi connectivity index (χ4n) is 1.49. The Morgan fingerprint density at radius 3 is 2.37 bits per heavy atom. The van der Waals surface area contributed by atoms with E-state index in [1.807, 2.05) is 0 Å². The molecule has 0 saturated heterocycles. The van der Waals surface area contributed by atoms with Gasteiger partial charge >= 0.3 is 12.3 Å². The van der Waals surface area contributed by atoms with Crippen molar-refractivity contribution in [2.45, 2.75) is 31.4 Å². The maximum absolute atomic E-state index is 12.9. The Hall–Kier alpha value is -0.660. The first-order valence-electron chi connectivity index (χ1n) is 5.53. The first-order valence-corrected chi connectivity index (χ1v) is 6.32. The van der Waals surface area contributed by atoms with Crippen LogP contribution in [0.5, 0.6) is 0 Å². The molecule has 19 heavy (non-hydrogen) atoms. The highest BCUT2D eigenvalue weighted by Gasteiger charge is 2.42. The van der Waals surface area contributed by atoms with Gasteiger partial charge in [0.1, 0.15) is 6.61 Å². The average molecular weight is 344 g/mol. The number of alkyl halides is 4. The normalized spacial score (nSPS) is 15.6. The summed E-state index contributed by atoms with van der Waals surface area (Å²) in [6.45, 7) is 0.183. The van der Waals surface area contributed by atoms with Crippen LogP contribution >= 0.6 is 15.9 Å². The van der Waals surface area contributed by atoms with Crippen molar-refractivity contribution in [3.05, 3.63) is 34.3 Å². The molecule has 1 aromatic rings. The monoisotopic (exact) mass is 343 g/mol. The molecule has 0 saturated carbocycles. The minimum atomic E-state index is -4.19. The molecule has 108 valence electrons. The van der Waals surface area contributed by atoms with Gasteiger partial charge in [-0.15, -0.1) is 0 Å². The zero-order valence-electron chi connectivity index (χ0n) is 10.1. The van der Waals surface area contributed by atoms with Gasteiger partial charge in [0, 0.05) is 10.5 Å². The van der Waals surface area contributed by atoms with Crippen LogP contribution in [-0.4, -0.2) is 25.0 Å². The number of nitrogens with two attached hydrogens (primary N) is 1. The predicted octanol–water partition coefficient (Wildman–Crippen LogP) is 3.75. The van der Waals surface area contributed by atoms with E-state index in [-0.39, 0.29) is 0 Å². The summed E-state index contributed by atoms with van der Waals surface area (Å²) in [5.41, 5.74) is 6.21. The fourth-order valence-corrected chi connectivity index (χ4v) is 2.00. The van der Waals surface area contributed by atoms with Crippen molar-refractivity contribution in [1.82, 2.24) is 0 Å². The molecule has 2 unspecified atom stereocenters. The Bertz CT molecular complexity index is 414. The third kappa shape index (κ3) is 4.43. The lowest BCUT2D eigenvalue weighted by atomic mass is 10.0. The van der Waals surface area contributed by atoms with E-state index < -0.39 is 31.1 Å². The summed E-state index contributed by atoms with van der Waals surface area (Å²) in [5.74, 6) is -4.19. The van der Waals surface area contributed by atoms with Crippen LogP contribution in [0.4, 0.5) is 17.6 Å². The number of rotatable bonds is 6. The van der Waals surface area contributed by atoms with Crippen molar-refractivity contribution in [2.75, 3.05) is 6.61 Å². The van der Waals surface area contributed by atoms with E-state index in [1.165, 1.54) is 0 Å². The van der Waals surface area contributed by atoms with Gasteiger partial charge in [0.05, 0.1) is 6.10 Å². The summed E-state index contributed by atoms with van der Waals surface area (Å²) >= 11 is 3.24. The van der Waals surface area contributed by atoms with Gasteiger partial charge in [0.2, 0.25) is 0 Å². The smallest absolute Gasteiger partial charge is 0.330 e. The van der Waals surface area contributed by atoms with E-state index in [2.05, 4.69) is 15.9 Å². The van der Waals surface area contributed by atoms with Gasteiger partial charge in [0.25, 0.3) is 0 Å². The van der Waals surface area contributed by atoms with Crippen molar-refractivity contribution in [3.63, 3.8) is 0 Å². The lowest BCUT2D eigenvalue weighted by molar-refractivity contribution is -0.178. The number of benzene rings is 1. The zero-order chi connectivity index (χ0) is 14.6. The van der Waals surface area contributed by atoms with Gasteiger partial charge < -0.3 is 10.5 Å². The number of ether oxygens (including phenoxy) is 1. The van der Waals surface area contributed by atoms with E-state index >= 15 is 0 Å². The summed E-state index contributed by atoms with van der Waals surface area (Å²) in [6.07, 6.45) is -4.65. The summed E-state index contributed by atoms with van der Waals surface area (Å²) in [4.78, 5) is 0. The molecule has 0 aliphatic heterocycles. The second-order valence-corrected chi connectivity index (χ2v) is 5.03.